The summed E-state index contributed by atoms with van der Waals surface area (Å²) in [6, 6.07) is 6.21. The second-order valence-electron chi connectivity index (χ2n) is 4.47. The Labute approximate surface area is 114 Å². The Hall–Kier alpha value is -2.18. The van der Waals surface area contributed by atoms with E-state index in [1.165, 1.54) is 7.05 Å². The van der Waals surface area contributed by atoms with Crippen LogP contribution in [0.3, 0.4) is 0 Å². The second kappa shape index (κ2) is 5.07. The topological polar surface area (TPSA) is 53.1 Å². The molecule has 0 radical (unpaired) electrons. The summed E-state index contributed by atoms with van der Waals surface area (Å²) in [5.74, 6) is 0.444. The first kappa shape index (κ1) is 14.2. The number of aromatic nitrogens is 2. The summed E-state index contributed by atoms with van der Waals surface area (Å²) >= 11 is 0. The van der Waals surface area contributed by atoms with Gasteiger partial charge < -0.3 is 10.5 Å². The van der Waals surface area contributed by atoms with Crippen LogP contribution in [-0.4, -0.2) is 9.78 Å². The molecule has 0 bridgehead atoms. The molecule has 2 N–H and O–H groups in total. The minimum atomic E-state index is -4.46. The Morgan fingerprint density at radius 2 is 2.00 bits per heavy atom. The summed E-state index contributed by atoms with van der Waals surface area (Å²) in [5, 5.41) is 3.41. The van der Waals surface area contributed by atoms with Gasteiger partial charge in [-0.2, -0.15) is 18.3 Å². The molecule has 0 aliphatic rings. The third-order valence-electron chi connectivity index (χ3n) is 2.81. The van der Waals surface area contributed by atoms with E-state index in [4.69, 9.17) is 10.5 Å². The number of benzene rings is 1. The summed E-state index contributed by atoms with van der Waals surface area (Å²) in [7, 11) is 1.44. The predicted molar refractivity (Wildman–Crippen MR) is 68.1 cm³/mol. The zero-order valence-electron chi connectivity index (χ0n) is 11.0. The Morgan fingerprint density at radius 3 is 2.60 bits per heavy atom. The number of alkyl halides is 3. The van der Waals surface area contributed by atoms with E-state index >= 15 is 0 Å². The van der Waals surface area contributed by atoms with Crippen LogP contribution < -0.4 is 10.5 Å². The highest BCUT2D eigenvalue weighted by molar-refractivity contribution is 5.53. The largest absolute Gasteiger partial charge is 0.485 e. The minimum absolute atomic E-state index is 0.0345. The molecule has 20 heavy (non-hydrogen) atoms. The first-order valence-corrected chi connectivity index (χ1v) is 5.86. The average Bonchev–Trinajstić information content (AvgIpc) is 2.72. The molecule has 0 saturated carbocycles. The molecule has 0 saturated heterocycles. The maximum atomic E-state index is 12.5. The fourth-order valence-corrected chi connectivity index (χ4v) is 1.70. The lowest BCUT2D eigenvalue weighted by molar-refractivity contribution is -0.141. The van der Waals surface area contributed by atoms with Crippen LogP contribution >= 0.6 is 0 Å². The van der Waals surface area contributed by atoms with E-state index in [0.717, 1.165) is 16.3 Å². The summed E-state index contributed by atoms with van der Waals surface area (Å²) in [6.07, 6.45) is -4.46. The van der Waals surface area contributed by atoms with Gasteiger partial charge in [0.15, 0.2) is 5.69 Å². The van der Waals surface area contributed by atoms with Crippen molar-refractivity contribution in [3.8, 4) is 5.75 Å². The molecule has 0 aliphatic carbocycles. The molecular formula is C13H14F3N3O. The van der Waals surface area contributed by atoms with Gasteiger partial charge in [-0.05, 0) is 30.7 Å². The fraction of sp³-hybridized carbons (Fsp3) is 0.308. The van der Waals surface area contributed by atoms with Crippen molar-refractivity contribution in [3.63, 3.8) is 0 Å². The molecule has 1 heterocycles. The number of hydrogen-bond acceptors (Lipinski definition) is 3. The number of rotatable bonds is 3. The molecule has 1 aromatic carbocycles. The molecule has 7 heteroatoms. The van der Waals surface area contributed by atoms with Crippen molar-refractivity contribution in [1.82, 2.24) is 9.78 Å². The summed E-state index contributed by atoms with van der Waals surface area (Å²) < 4.78 is 44.2. The van der Waals surface area contributed by atoms with Crippen molar-refractivity contribution in [2.75, 3.05) is 5.73 Å². The van der Waals surface area contributed by atoms with Gasteiger partial charge in [0.05, 0.1) is 11.4 Å². The van der Waals surface area contributed by atoms with Crippen LogP contribution in [0.2, 0.25) is 0 Å². The average molecular weight is 285 g/mol. The van der Waals surface area contributed by atoms with Crippen LogP contribution in [-0.2, 0) is 19.8 Å². The van der Waals surface area contributed by atoms with Gasteiger partial charge in [-0.3, -0.25) is 4.68 Å². The van der Waals surface area contributed by atoms with Gasteiger partial charge in [0.2, 0.25) is 0 Å². The van der Waals surface area contributed by atoms with E-state index in [-0.39, 0.29) is 6.61 Å². The number of hydrogen-bond donors (Lipinski definition) is 1. The third-order valence-corrected chi connectivity index (χ3v) is 2.81. The number of halogens is 3. The molecule has 0 unspecified atom stereocenters. The Bertz CT molecular complexity index is 620. The molecule has 1 aromatic heterocycles. The predicted octanol–water partition coefficient (Wildman–Crippen LogP) is 2.91. The van der Waals surface area contributed by atoms with Gasteiger partial charge in [0.1, 0.15) is 12.4 Å². The number of nitrogens with zero attached hydrogens (tertiary/aromatic N) is 2. The monoisotopic (exact) mass is 285 g/mol. The number of nitrogen functional groups attached to an aromatic ring is 1. The van der Waals surface area contributed by atoms with Crippen LogP contribution in [0.25, 0.3) is 0 Å². The van der Waals surface area contributed by atoms with Crippen molar-refractivity contribution < 1.29 is 17.9 Å². The number of ether oxygens (including phenoxy) is 1. The SMILES string of the molecule is Cc1ccc(N)c(OCc2cc(C(F)(F)F)nn2C)c1. The van der Waals surface area contributed by atoms with Gasteiger partial charge in [-0.25, -0.2) is 0 Å². The van der Waals surface area contributed by atoms with Crippen LogP contribution in [0.15, 0.2) is 24.3 Å². The molecule has 0 spiro atoms. The minimum Gasteiger partial charge on any atom is -0.485 e. The van der Waals surface area contributed by atoms with Gasteiger partial charge in [-0.1, -0.05) is 6.07 Å². The van der Waals surface area contributed by atoms with Crippen molar-refractivity contribution >= 4 is 5.69 Å². The second-order valence-corrected chi connectivity index (χ2v) is 4.47. The molecule has 4 nitrogen and oxygen atoms in total. The molecule has 2 aromatic rings. The maximum Gasteiger partial charge on any atom is 0.435 e. The molecule has 0 atom stereocenters. The molecule has 2 rings (SSSR count). The highest BCUT2D eigenvalue weighted by Crippen LogP contribution is 2.29. The van der Waals surface area contributed by atoms with Crippen LogP contribution in [0.1, 0.15) is 17.0 Å². The van der Waals surface area contributed by atoms with Crippen molar-refractivity contribution in [3.05, 3.63) is 41.2 Å². The molecule has 0 aliphatic heterocycles. The van der Waals surface area contributed by atoms with Gasteiger partial charge in [0, 0.05) is 7.05 Å². The lowest BCUT2D eigenvalue weighted by Gasteiger charge is -2.09. The molecule has 108 valence electrons. The highest BCUT2D eigenvalue weighted by atomic mass is 19.4. The van der Waals surface area contributed by atoms with E-state index in [2.05, 4.69) is 5.10 Å². The summed E-state index contributed by atoms with van der Waals surface area (Å²) in [6.45, 7) is 1.84. The number of anilines is 1. The van der Waals surface area contributed by atoms with Gasteiger partial charge in [-0.15, -0.1) is 0 Å². The zero-order valence-corrected chi connectivity index (χ0v) is 11.0. The van der Waals surface area contributed by atoms with Crippen LogP contribution in [0, 0.1) is 6.92 Å². The van der Waals surface area contributed by atoms with Crippen molar-refractivity contribution in [1.29, 1.82) is 0 Å². The quantitative estimate of drug-likeness (QED) is 0.882. The first-order chi connectivity index (χ1) is 9.27. The lowest BCUT2D eigenvalue weighted by Crippen LogP contribution is -2.07. The normalized spacial score (nSPS) is 11.7. The standard InChI is InChI=1S/C13H14F3N3O/c1-8-3-4-10(17)11(5-8)20-7-9-6-12(13(14,15)16)18-19(9)2/h3-6H,7,17H2,1-2H3. The fourth-order valence-electron chi connectivity index (χ4n) is 1.70. The Morgan fingerprint density at radius 1 is 1.30 bits per heavy atom. The Kier molecular flexibility index (Phi) is 3.61. The van der Waals surface area contributed by atoms with E-state index < -0.39 is 11.9 Å². The summed E-state index contributed by atoms with van der Waals surface area (Å²) in [4.78, 5) is 0. The van der Waals surface area contributed by atoms with Gasteiger partial charge >= 0.3 is 6.18 Å². The van der Waals surface area contributed by atoms with E-state index in [1.54, 1.807) is 12.1 Å². The van der Waals surface area contributed by atoms with Crippen molar-refractivity contribution in [2.45, 2.75) is 19.7 Å². The Balaban J connectivity index is 2.15. The zero-order chi connectivity index (χ0) is 14.9. The van der Waals surface area contributed by atoms with E-state index in [0.29, 0.717) is 17.1 Å². The lowest BCUT2D eigenvalue weighted by atomic mass is 10.2. The highest BCUT2D eigenvalue weighted by Gasteiger charge is 2.34. The van der Waals surface area contributed by atoms with Crippen molar-refractivity contribution in [2.24, 2.45) is 7.05 Å². The van der Waals surface area contributed by atoms with E-state index in [9.17, 15) is 13.2 Å². The third kappa shape index (κ3) is 3.04. The summed E-state index contributed by atoms with van der Waals surface area (Å²) in [5.41, 5.74) is 6.51. The van der Waals surface area contributed by atoms with Gasteiger partial charge in [0.25, 0.3) is 0 Å². The smallest absolute Gasteiger partial charge is 0.435 e. The number of aryl methyl sites for hydroxylation is 2. The maximum absolute atomic E-state index is 12.5. The first-order valence-electron chi connectivity index (χ1n) is 5.86. The van der Waals surface area contributed by atoms with Crippen LogP contribution in [0.4, 0.5) is 18.9 Å². The molecule has 0 amide bonds. The molecule has 0 fully saturated rings. The molecular weight excluding hydrogens is 271 g/mol. The van der Waals surface area contributed by atoms with Crippen LogP contribution in [0.5, 0.6) is 5.75 Å². The number of nitrogens with two attached hydrogens (primary N) is 1. The van der Waals surface area contributed by atoms with E-state index in [1.807, 2.05) is 13.0 Å².